The van der Waals surface area contributed by atoms with Crippen molar-refractivity contribution < 1.29 is 31.2 Å². The Morgan fingerprint density at radius 3 is 2.46 bits per heavy atom. The molecular formula is C41H60ClIN4O7S2. The van der Waals surface area contributed by atoms with E-state index in [1.165, 1.54) is 17.4 Å². The van der Waals surface area contributed by atoms with Crippen LogP contribution in [0.3, 0.4) is 0 Å². The highest BCUT2D eigenvalue weighted by Crippen LogP contribution is 2.46. The van der Waals surface area contributed by atoms with E-state index in [9.17, 15) is 26.4 Å². The molecule has 1 saturated heterocycles. The third kappa shape index (κ3) is 11.5. The Balaban J connectivity index is 0.000000396. The Hall–Kier alpha value is -2.24. The zero-order chi connectivity index (χ0) is 40.0. The van der Waals surface area contributed by atoms with Crippen molar-refractivity contribution in [1.82, 2.24) is 14.9 Å². The number of hydrogen-bond acceptors (Lipinski definition) is 10. The van der Waals surface area contributed by atoms with Gasteiger partial charge in [0.1, 0.15) is 15.6 Å². The summed E-state index contributed by atoms with van der Waals surface area (Å²) in [5, 5.41) is 3.14. The molecule has 15 heteroatoms. The molecule has 0 aromatic heterocycles. The summed E-state index contributed by atoms with van der Waals surface area (Å²) in [6.45, 7) is 9.79. The number of carbonyl (C=O) groups excluding carboxylic acids is 2. The first-order valence-electron chi connectivity index (χ1n) is 19.2. The third-order valence-corrected chi connectivity index (χ3v) is 14.9. The molecule has 0 unspecified atom stereocenters. The van der Waals surface area contributed by atoms with Crippen molar-refractivity contribution in [2.24, 2.45) is 17.8 Å². The number of carbonyl (C=O) groups is 2. The lowest BCUT2D eigenvalue weighted by Gasteiger charge is -2.44. The fourth-order valence-corrected chi connectivity index (χ4v) is 10.3. The largest absolute Gasteiger partial charge is 0.490 e. The van der Waals surface area contributed by atoms with E-state index < -0.39 is 31.0 Å². The minimum atomic E-state index is -3.93. The van der Waals surface area contributed by atoms with Gasteiger partial charge in [-0.3, -0.25) is 14.5 Å². The van der Waals surface area contributed by atoms with Gasteiger partial charge in [0, 0.05) is 74.0 Å². The van der Waals surface area contributed by atoms with Crippen molar-refractivity contribution in [2.75, 3.05) is 74.3 Å². The molecule has 3 heterocycles. The first kappa shape index (κ1) is 46.4. The number of piperazine rings is 1. The van der Waals surface area contributed by atoms with E-state index in [1.54, 1.807) is 37.3 Å². The van der Waals surface area contributed by atoms with Crippen molar-refractivity contribution >= 4 is 71.4 Å². The summed E-state index contributed by atoms with van der Waals surface area (Å²) in [5.41, 5.74) is 3.22. The van der Waals surface area contributed by atoms with Crippen molar-refractivity contribution in [3.05, 3.63) is 70.3 Å². The SMILES string of the molecule is C.CI.CS(=O)(=O)CCN1CCNCC1.C[C@@H]1[C@@H](C)C/C=C/C(=O)[C@@H]2CC[C@H]2CN2C[C@@]3(CCCc4cc(Cl)ccc43)COc3ccc(cc32)C(=O)NS1(=O)=O. The van der Waals surface area contributed by atoms with Crippen LogP contribution < -0.4 is 19.7 Å². The minimum absolute atomic E-state index is 0. The molecule has 0 radical (unpaired) electrons. The summed E-state index contributed by atoms with van der Waals surface area (Å²) in [7, 11) is -6.72. The van der Waals surface area contributed by atoms with Crippen LogP contribution in [0.4, 0.5) is 5.69 Å². The van der Waals surface area contributed by atoms with E-state index in [0.29, 0.717) is 38.4 Å². The molecule has 2 aromatic carbocycles. The van der Waals surface area contributed by atoms with E-state index in [1.807, 2.05) is 17.9 Å². The fourth-order valence-electron chi connectivity index (χ4n) is 8.23. The molecule has 7 rings (SSSR count). The standard InChI is InChI=1S/C32H37ClN2O5S.C7H16N2O2S.CH3I.CH4/c1-20-5-3-7-29(36)26-11-8-24(26)17-35-18-32(14-4-6-22-15-25(33)10-12-27(22)32)19-40-30-13-9-23(16-28(30)35)31(37)34-41(38,39)21(20)2;1-12(10,11)7-6-9-4-2-8-3-5-9;1-2;/h3,7,9-10,12-13,15-16,20-21,24,26H,4-6,8,11,14,17-19H2,1-2H3,(H,34,37);8H,2-7H2,1H3;1H3;1H4/b7-3+;;;/t20-,21+,24-,26+,32-;;;/m0.../s1. The summed E-state index contributed by atoms with van der Waals surface area (Å²) in [5.74, 6) is 0.253. The van der Waals surface area contributed by atoms with E-state index in [0.717, 1.165) is 69.0 Å². The van der Waals surface area contributed by atoms with Gasteiger partial charge in [-0.05, 0) is 110 Å². The van der Waals surface area contributed by atoms with Crippen LogP contribution >= 0.6 is 34.2 Å². The Morgan fingerprint density at radius 2 is 1.79 bits per heavy atom. The maximum absolute atomic E-state index is 13.3. The number of alkyl halides is 1. The summed E-state index contributed by atoms with van der Waals surface area (Å²) < 4.78 is 56.7. The van der Waals surface area contributed by atoms with Crippen molar-refractivity contribution in [1.29, 1.82) is 0 Å². The molecule has 1 saturated carbocycles. The molecule has 2 aliphatic carbocycles. The van der Waals surface area contributed by atoms with Gasteiger partial charge in [-0.1, -0.05) is 60.7 Å². The lowest BCUT2D eigenvalue weighted by atomic mass is 9.68. The van der Waals surface area contributed by atoms with Gasteiger partial charge in [0.2, 0.25) is 10.0 Å². The number of fused-ring (bicyclic) bond motifs is 4. The van der Waals surface area contributed by atoms with Crippen LogP contribution in [0.5, 0.6) is 5.75 Å². The zero-order valence-electron chi connectivity index (χ0n) is 32.4. The summed E-state index contributed by atoms with van der Waals surface area (Å²) in [6, 6.07) is 11.3. The average Bonchev–Trinajstić information content (AvgIpc) is 3.29. The molecule has 3 aliphatic heterocycles. The third-order valence-electron chi connectivity index (χ3n) is 11.8. The molecule has 56 heavy (non-hydrogen) atoms. The van der Waals surface area contributed by atoms with Crippen molar-refractivity contribution in [2.45, 2.75) is 70.5 Å². The van der Waals surface area contributed by atoms with Crippen molar-refractivity contribution in [3.63, 3.8) is 0 Å². The number of nitrogens with one attached hydrogen (secondary N) is 2. The van der Waals surface area contributed by atoms with E-state index in [-0.39, 0.29) is 47.7 Å². The first-order chi connectivity index (χ1) is 26.1. The van der Waals surface area contributed by atoms with Crippen LogP contribution in [0, 0.1) is 17.8 Å². The highest BCUT2D eigenvalue weighted by molar-refractivity contribution is 14.1. The quantitative estimate of drug-likeness (QED) is 0.275. The van der Waals surface area contributed by atoms with Crippen LogP contribution in [0.2, 0.25) is 5.02 Å². The van der Waals surface area contributed by atoms with Gasteiger partial charge in [-0.2, -0.15) is 0 Å². The zero-order valence-corrected chi connectivity index (χ0v) is 36.9. The van der Waals surface area contributed by atoms with Gasteiger partial charge in [0.05, 0.1) is 23.3 Å². The topological polar surface area (TPSA) is 142 Å². The molecule has 2 aromatic rings. The van der Waals surface area contributed by atoms with E-state index in [2.05, 4.69) is 54.6 Å². The summed E-state index contributed by atoms with van der Waals surface area (Å²) >= 11 is 8.52. The molecule has 2 fully saturated rings. The number of aryl methyl sites for hydroxylation is 1. The van der Waals surface area contributed by atoms with E-state index in [4.69, 9.17) is 16.3 Å². The number of ether oxygens (including phenoxy) is 1. The van der Waals surface area contributed by atoms with Gasteiger partial charge in [-0.25, -0.2) is 21.6 Å². The van der Waals surface area contributed by atoms with Crippen LogP contribution in [-0.2, 0) is 36.5 Å². The second kappa shape index (κ2) is 20.1. The highest BCUT2D eigenvalue weighted by Gasteiger charge is 2.44. The molecule has 312 valence electrons. The van der Waals surface area contributed by atoms with Gasteiger partial charge in [-0.15, -0.1) is 0 Å². The van der Waals surface area contributed by atoms with Crippen LogP contribution in [0.25, 0.3) is 0 Å². The number of ketones is 1. The molecule has 1 amide bonds. The first-order valence-corrected chi connectivity index (χ1v) is 25.3. The predicted molar refractivity (Wildman–Crippen MR) is 236 cm³/mol. The molecule has 1 spiro atoms. The molecule has 2 N–H and O–H groups in total. The van der Waals surface area contributed by atoms with E-state index >= 15 is 0 Å². The Morgan fingerprint density at radius 1 is 1.05 bits per heavy atom. The number of sulfonamides is 1. The Kier molecular flexibility index (Phi) is 16.7. The van der Waals surface area contributed by atoms with Crippen LogP contribution in [0.1, 0.15) is 74.9 Å². The monoisotopic (exact) mass is 946 g/mol. The van der Waals surface area contributed by atoms with Gasteiger partial charge in [0.15, 0.2) is 5.78 Å². The number of halogens is 2. The summed E-state index contributed by atoms with van der Waals surface area (Å²) in [4.78, 5) is 32.9. The van der Waals surface area contributed by atoms with Gasteiger partial charge in [0.25, 0.3) is 5.91 Å². The number of rotatable bonds is 3. The van der Waals surface area contributed by atoms with Crippen molar-refractivity contribution in [3.8, 4) is 5.75 Å². The minimum Gasteiger partial charge on any atom is -0.490 e. The fraction of sp³-hybridized carbons (Fsp3) is 0.610. The molecule has 5 aliphatic rings. The second-order valence-electron chi connectivity index (χ2n) is 15.7. The van der Waals surface area contributed by atoms with Gasteiger partial charge < -0.3 is 15.0 Å². The van der Waals surface area contributed by atoms with Gasteiger partial charge >= 0.3 is 0 Å². The van der Waals surface area contributed by atoms with Crippen LogP contribution in [-0.4, -0.2) is 108 Å². The number of anilines is 1. The predicted octanol–water partition coefficient (Wildman–Crippen LogP) is 6.08. The molecule has 2 bridgehead atoms. The number of sulfone groups is 1. The second-order valence-corrected chi connectivity index (χ2v) is 20.4. The number of allylic oxidation sites excluding steroid dienone is 2. The maximum atomic E-state index is 13.3. The number of benzene rings is 2. The van der Waals surface area contributed by atoms with Crippen LogP contribution in [0.15, 0.2) is 48.6 Å². The number of amides is 1. The lowest BCUT2D eigenvalue weighted by Crippen LogP contribution is -2.49. The molecule has 5 atom stereocenters. The average molecular weight is 947 g/mol. The smallest absolute Gasteiger partial charge is 0.264 e. The highest BCUT2D eigenvalue weighted by atomic mass is 127. The number of nitrogens with zero attached hydrogens (tertiary/aromatic N) is 2. The normalized spacial score (nSPS) is 28.1. The molecular weight excluding hydrogens is 887 g/mol. The maximum Gasteiger partial charge on any atom is 0.264 e. The molecule has 11 nitrogen and oxygen atoms in total. The number of hydrogen-bond donors (Lipinski definition) is 2. The Bertz CT molecular complexity index is 1940. The lowest BCUT2D eigenvalue weighted by molar-refractivity contribution is -0.122. The Labute approximate surface area is 353 Å². The summed E-state index contributed by atoms with van der Waals surface area (Å²) in [6.07, 6.45) is 9.89.